The van der Waals surface area contributed by atoms with E-state index in [2.05, 4.69) is 14.8 Å². The van der Waals surface area contributed by atoms with E-state index in [0.717, 1.165) is 19.6 Å². The van der Waals surface area contributed by atoms with Crippen LogP contribution in [0.15, 0.2) is 15.7 Å². The van der Waals surface area contributed by atoms with Crippen molar-refractivity contribution < 1.29 is 0 Å². The summed E-state index contributed by atoms with van der Waals surface area (Å²) >= 11 is 5.63. The smallest absolute Gasteiger partial charge is 0.303 e. The Morgan fingerprint density at radius 3 is 2.78 bits per heavy atom. The molecule has 1 aliphatic rings. The number of H-pyrrole nitrogens is 1. The first kappa shape index (κ1) is 13.3. The van der Waals surface area contributed by atoms with Crippen LogP contribution < -0.4 is 11.2 Å². The number of piperazine rings is 1. The van der Waals surface area contributed by atoms with Gasteiger partial charge in [-0.2, -0.15) is 0 Å². The van der Waals surface area contributed by atoms with E-state index >= 15 is 0 Å². The monoisotopic (exact) mass is 272 g/mol. The summed E-state index contributed by atoms with van der Waals surface area (Å²) in [6, 6.07) is 1.39. The van der Waals surface area contributed by atoms with E-state index in [1.807, 2.05) is 14.1 Å². The van der Waals surface area contributed by atoms with Crippen LogP contribution in [0.3, 0.4) is 0 Å². The lowest BCUT2D eigenvalue weighted by molar-refractivity contribution is 0.101. The third kappa shape index (κ3) is 2.82. The number of halogens is 1. The Morgan fingerprint density at radius 1 is 1.39 bits per heavy atom. The van der Waals surface area contributed by atoms with Crippen LogP contribution in [0.4, 0.5) is 0 Å². The summed E-state index contributed by atoms with van der Waals surface area (Å²) in [5, 5.41) is 0.0790. The van der Waals surface area contributed by atoms with Gasteiger partial charge >= 0.3 is 5.69 Å². The van der Waals surface area contributed by atoms with Gasteiger partial charge in [-0.25, -0.2) is 4.79 Å². The maximum atomic E-state index is 11.7. The topological polar surface area (TPSA) is 61.3 Å². The Hall–Kier alpha value is -1.11. The van der Waals surface area contributed by atoms with Crippen LogP contribution in [0.2, 0.25) is 5.15 Å². The molecule has 1 fully saturated rings. The number of hydrogen-bond acceptors (Lipinski definition) is 4. The average molecular weight is 273 g/mol. The molecule has 0 aliphatic carbocycles. The largest absolute Gasteiger partial charge is 0.329 e. The first-order valence-corrected chi connectivity index (χ1v) is 6.23. The number of nitrogens with one attached hydrogen (secondary N) is 1. The summed E-state index contributed by atoms with van der Waals surface area (Å²) in [5.41, 5.74) is -0.806. The van der Waals surface area contributed by atoms with E-state index in [9.17, 15) is 9.59 Å². The fraction of sp³-hybridized carbons (Fsp3) is 0.636. The minimum absolute atomic E-state index is 0.0790. The van der Waals surface area contributed by atoms with Crippen LogP contribution in [-0.4, -0.2) is 59.1 Å². The maximum Gasteiger partial charge on any atom is 0.329 e. The molecular weight excluding hydrogens is 256 g/mol. The molecule has 6 nitrogen and oxygen atoms in total. The van der Waals surface area contributed by atoms with E-state index in [4.69, 9.17) is 11.6 Å². The van der Waals surface area contributed by atoms with Gasteiger partial charge in [0.2, 0.25) is 0 Å². The third-order valence-corrected chi connectivity index (χ3v) is 3.56. The van der Waals surface area contributed by atoms with Gasteiger partial charge in [-0.15, -0.1) is 0 Å². The Balaban J connectivity index is 2.24. The minimum Gasteiger partial charge on any atom is -0.303 e. The van der Waals surface area contributed by atoms with E-state index in [1.54, 1.807) is 0 Å². The summed E-state index contributed by atoms with van der Waals surface area (Å²) in [5.74, 6) is 0. The number of rotatable bonds is 2. The highest BCUT2D eigenvalue weighted by Gasteiger charge is 2.23. The highest BCUT2D eigenvalue weighted by molar-refractivity contribution is 6.29. The van der Waals surface area contributed by atoms with Crippen molar-refractivity contribution in [3.63, 3.8) is 0 Å². The molecule has 1 unspecified atom stereocenters. The van der Waals surface area contributed by atoms with Crippen LogP contribution in [0.5, 0.6) is 0 Å². The summed E-state index contributed by atoms with van der Waals surface area (Å²) in [6.07, 6.45) is 0. The molecule has 2 rings (SSSR count). The third-order valence-electron chi connectivity index (χ3n) is 3.36. The molecule has 0 aromatic carbocycles. The number of aromatic amines is 1. The van der Waals surface area contributed by atoms with Crippen molar-refractivity contribution in [3.8, 4) is 0 Å². The fourth-order valence-electron chi connectivity index (χ4n) is 2.17. The minimum atomic E-state index is -0.450. The van der Waals surface area contributed by atoms with Crippen molar-refractivity contribution in [2.75, 3.05) is 33.7 Å². The highest BCUT2D eigenvalue weighted by Crippen LogP contribution is 2.06. The Labute approximate surface area is 110 Å². The second kappa shape index (κ2) is 5.26. The molecule has 0 spiro atoms. The van der Waals surface area contributed by atoms with Crippen molar-refractivity contribution in [3.05, 3.63) is 32.1 Å². The zero-order valence-electron chi connectivity index (χ0n) is 10.5. The van der Waals surface area contributed by atoms with Gasteiger partial charge in [0.05, 0.1) is 0 Å². The van der Waals surface area contributed by atoms with E-state index < -0.39 is 5.69 Å². The number of hydrogen-bond donors (Lipinski definition) is 1. The van der Waals surface area contributed by atoms with Gasteiger partial charge in [0, 0.05) is 38.3 Å². The van der Waals surface area contributed by atoms with Crippen molar-refractivity contribution in [1.82, 2.24) is 19.4 Å². The Kier molecular flexibility index (Phi) is 3.89. The second-order valence-corrected chi connectivity index (χ2v) is 5.18. The molecule has 0 bridgehead atoms. The lowest BCUT2D eigenvalue weighted by atomic mass is 10.2. The van der Waals surface area contributed by atoms with Gasteiger partial charge in [-0.3, -0.25) is 19.2 Å². The molecule has 100 valence electrons. The highest BCUT2D eigenvalue weighted by atomic mass is 35.5. The molecule has 1 aromatic heterocycles. The molecule has 0 amide bonds. The fourth-order valence-corrected chi connectivity index (χ4v) is 2.35. The van der Waals surface area contributed by atoms with Crippen molar-refractivity contribution in [2.45, 2.75) is 12.6 Å². The lowest BCUT2D eigenvalue weighted by Gasteiger charge is -2.37. The molecule has 2 heterocycles. The second-order valence-electron chi connectivity index (χ2n) is 4.77. The number of nitrogens with zero attached hydrogens (tertiary/aromatic N) is 3. The quantitative estimate of drug-likeness (QED) is 0.733. The van der Waals surface area contributed by atoms with E-state index in [-0.39, 0.29) is 16.8 Å². The summed E-state index contributed by atoms with van der Waals surface area (Å²) in [6.45, 7) is 3.15. The van der Waals surface area contributed by atoms with Gasteiger partial charge in [0.25, 0.3) is 5.56 Å². The molecule has 18 heavy (non-hydrogen) atoms. The lowest BCUT2D eigenvalue weighted by Crippen LogP contribution is -2.53. The van der Waals surface area contributed by atoms with Crippen molar-refractivity contribution in [2.24, 2.45) is 0 Å². The molecule has 7 heteroatoms. The molecule has 0 radical (unpaired) electrons. The molecule has 1 atom stereocenters. The van der Waals surface area contributed by atoms with Gasteiger partial charge in [0.1, 0.15) is 5.15 Å². The van der Waals surface area contributed by atoms with Crippen LogP contribution in [-0.2, 0) is 6.54 Å². The summed E-state index contributed by atoms with van der Waals surface area (Å²) < 4.78 is 1.20. The van der Waals surface area contributed by atoms with Gasteiger partial charge in [0.15, 0.2) is 0 Å². The first-order chi connectivity index (χ1) is 8.47. The van der Waals surface area contributed by atoms with Crippen LogP contribution in [0.25, 0.3) is 0 Å². The summed E-state index contributed by atoms with van der Waals surface area (Å²) in [7, 11) is 4.04. The molecular formula is C11H17ClN4O2. The summed E-state index contributed by atoms with van der Waals surface area (Å²) in [4.78, 5) is 30.3. The number of likely N-dealkylation sites (N-methyl/N-ethyl adjacent to an activating group) is 2. The zero-order valence-corrected chi connectivity index (χ0v) is 11.3. The number of aromatic nitrogens is 2. The average Bonchev–Trinajstić information content (AvgIpc) is 2.28. The molecule has 1 aliphatic heterocycles. The molecule has 1 N–H and O–H groups in total. The van der Waals surface area contributed by atoms with Gasteiger partial charge < -0.3 is 4.90 Å². The zero-order chi connectivity index (χ0) is 13.3. The van der Waals surface area contributed by atoms with Crippen LogP contribution in [0.1, 0.15) is 0 Å². The van der Waals surface area contributed by atoms with Gasteiger partial charge in [-0.05, 0) is 14.1 Å². The molecule has 1 saturated heterocycles. The molecule has 1 aromatic rings. The predicted molar refractivity (Wildman–Crippen MR) is 70.2 cm³/mol. The van der Waals surface area contributed by atoms with E-state index in [0.29, 0.717) is 6.54 Å². The molecule has 0 saturated carbocycles. The standard InChI is InChI=1S/C11H17ClN4O2/c1-14-3-4-15(2)8(6-14)7-16-10(17)5-9(12)13-11(16)18/h5,8H,3-4,6-7H2,1-2H3,(H,13,18). The van der Waals surface area contributed by atoms with Gasteiger partial charge in [-0.1, -0.05) is 11.6 Å². The van der Waals surface area contributed by atoms with E-state index in [1.165, 1.54) is 10.6 Å². The normalized spacial score (nSPS) is 22.3. The van der Waals surface area contributed by atoms with Crippen LogP contribution >= 0.6 is 11.6 Å². The maximum absolute atomic E-state index is 11.7. The SMILES string of the molecule is CN1CCN(C)C(Cn2c(=O)cc(Cl)[nH]c2=O)C1. The first-order valence-electron chi connectivity index (χ1n) is 5.86. The van der Waals surface area contributed by atoms with Crippen LogP contribution in [0, 0.1) is 0 Å². The van der Waals surface area contributed by atoms with Crippen molar-refractivity contribution in [1.29, 1.82) is 0 Å². The predicted octanol–water partition coefficient (Wildman–Crippen LogP) is -0.564. The van der Waals surface area contributed by atoms with Crippen molar-refractivity contribution >= 4 is 11.6 Å². The Bertz CT molecular complexity index is 507. The Morgan fingerprint density at radius 2 is 2.11 bits per heavy atom.